The Bertz CT molecular complexity index is 376. The molecular formula is C10H18N2O3S. The molecule has 0 aromatic rings. The summed E-state index contributed by atoms with van der Waals surface area (Å²) < 4.78 is 28.1. The molecule has 0 amide bonds. The lowest BCUT2D eigenvalue weighted by atomic mass is 10.1. The van der Waals surface area contributed by atoms with Gasteiger partial charge in [-0.3, -0.25) is 4.79 Å². The molecule has 2 aliphatic rings. The van der Waals surface area contributed by atoms with Crippen LogP contribution in [0.1, 0.15) is 39.0 Å². The fraction of sp³-hybridized carbons (Fsp3) is 0.900. The van der Waals surface area contributed by atoms with Crippen molar-refractivity contribution in [2.45, 2.75) is 51.1 Å². The number of hydrogen-bond acceptors (Lipinski definition) is 3. The summed E-state index contributed by atoms with van der Waals surface area (Å²) in [5, 5.41) is 0. The van der Waals surface area contributed by atoms with E-state index in [9.17, 15) is 13.2 Å². The summed E-state index contributed by atoms with van der Waals surface area (Å²) in [6.07, 6.45) is 3.86. The Balaban J connectivity index is 2.02. The van der Waals surface area contributed by atoms with Gasteiger partial charge in [0, 0.05) is 25.0 Å². The average molecular weight is 246 g/mol. The smallest absolute Gasteiger partial charge is 0.279 e. The quantitative estimate of drug-likeness (QED) is 0.765. The van der Waals surface area contributed by atoms with Crippen molar-refractivity contribution in [2.24, 2.45) is 0 Å². The lowest BCUT2D eigenvalue weighted by Gasteiger charge is -2.23. The van der Waals surface area contributed by atoms with Crippen molar-refractivity contribution in [1.82, 2.24) is 9.03 Å². The first kappa shape index (κ1) is 12.0. The van der Waals surface area contributed by atoms with Gasteiger partial charge in [0.05, 0.1) is 0 Å². The van der Waals surface area contributed by atoms with E-state index in [0.717, 1.165) is 25.7 Å². The molecule has 1 atom stereocenters. The molecule has 1 aliphatic carbocycles. The van der Waals surface area contributed by atoms with Crippen molar-refractivity contribution >= 4 is 16.0 Å². The van der Waals surface area contributed by atoms with Gasteiger partial charge in [-0.15, -0.1) is 0 Å². The topological polar surface area (TPSA) is 66.5 Å². The second kappa shape index (κ2) is 4.43. The highest BCUT2D eigenvalue weighted by Gasteiger charge is 2.37. The van der Waals surface area contributed by atoms with Gasteiger partial charge in [-0.2, -0.15) is 17.4 Å². The van der Waals surface area contributed by atoms with E-state index in [-0.39, 0.29) is 17.9 Å². The number of hydrogen-bond donors (Lipinski definition) is 1. The Morgan fingerprint density at radius 1 is 1.38 bits per heavy atom. The van der Waals surface area contributed by atoms with Gasteiger partial charge in [0.15, 0.2) is 0 Å². The number of Topliss-reactive ketones (excluding diaryl/α,β-unsaturated/α-hetero) is 1. The van der Waals surface area contributed by atoms with E-state index in [0.29, 0.717) is 13.0 Å². The van der Waals surface area contributed by atoms with Crippen LogP contribution in [0.5, 0.6) is 0 Å². The van der Waals surface area contributed by atoms with Crippen LogP contribution in [-0.2, 0) is 15.0 Å². The summed E-state index contributed by atoms with van der Waals surface area (Å²) in [7, 11) is -3.36. The standard InChI is InChI=1S/C10H18N2O3S/c1-8(13)7-10-3-2-6-12(10)16(14,15)11-9-4-5-9/h9-11H,2-7H2,1H3. The predicted octanol–water partition coefficient (Wildman–Crippen LogP) is 0.427. The van der Waals surface area contributed by atoms with Gasteiger partial charge in [-0.25, -0.2) is 0 Å². The SMILES string of the molecule is CC(=O)CC1CCCN1S(=O)(=O)NC1CC1. The molecule has 0 aromatic heterocycles. The van der Waals surface area contributed by atoms with Crippen LogP contribution in [0, 0.1) is 0 Å². The van der Waals surface area contributed by atoms with Crippen LogP contribution in [0.3, 0.4) is 0 Å². The van der Waals surface area contributed by atoms with Crippen LogP contribution < -0.4 is 4.72 Å². The van der Waals surface area contributed by atoms with E-state index in [1.54, 1.807) is 0 Å². The van der Waals surface area contributed by atoms with Crippen molar-refractivity contribution in [3.8, 4) is 0 Å². The van der Waals surface area contributed by atoms with Gasteiger partial charge in [0.25, 0.3) is 10.2 Å². The third-order valence-corrected chi connectivity index (χ3v) is 4.78. The molecule has 6 heteroatoms. The second-order valence-corrected chi connectivity index (χ2v) is 6.36. The highest BCUT2D eigenvalue weighted by Crippen LogP contribution is 2.26. The van der Waals surface area contributed by atoms with Crippen LogP contribution in [0.2, 0.25) is 0 Å². The number of carbonyl (C=O) groups is 1. The minimum atomic E-state index is -3.36. The first-order valence-corrected chi connectivity index (χ1v) is 7.21. The number of nitrogens with zero attached hydrogens (tertiary/aromatic N) is 1. The highest BCUT2D eigenvalue weighted by atomic mass is 32.2. The Hall–Kier alpha value is -0.460. The van der Waals surface area contributed by atoms with Gasteiger partial charge in [-0.05, 0) is 32.6 Å². The molecule has 0 aromatic carbocycles. The third kappa shape index (κ3) is 2.81. The minimum Gasteiger partial charge on any atom is -0.300 e. The van der Waals surface area contributed by atoms with E-state index < -0.39 is 10.2 Å². The van der Waals surface area contributed by atoms with Crippen molar-refractivity contribution in [1.29, 1.82) is 0 Å². The average Bonchev–Trinajstić information content (AvgIpc) is 2.80. The normalized spacial score (nSPS) is 27.2. The zero-order valence-corrected chi connectivity index (χ0v) is 10.3. The molecule has 2 rings (SSSR count). The van der Waals surface area contributed by atoms with Crippen LogP contribution >= 0.6 is 0 Å². The lowest BCUT2D eigenvalue weighted by molar-refractivity contribution is -0.117. The van der Waals surface area contributed by atoms with Crippen LogP contribution in [-0.4, -0.2) is 37.1 Å². The van der Waals surface area contributed by atoms with Crippen molar-refractivity contribution in [2.75, 3.05) is 6.54 Å². The van der Waals surface area contributed by atoms with Gasteiger partial charge >= 0.3 is 0 Å². The first-order chi connectivity index (χ1) is 7.49. The number of rotatable bonds is 5. The molecule has 92 valence electrons. The van der Waals surface area contributed by atoms with Crippen LogP contribution in [0.15, 0.2) is 0 Å². The molecule has 0 bridgehead atoms. The summed E-state index contributed by atoms with van der Waals surface area (Å²) in [4.78, 5) is 11.1. The van der Waals surface area contributed by atoms with Crippen molar-refractivity contribution in [3.63, 3.8) is 0 Å². The second-order valence-electron chi connectivity index (χ2n) is 4.71. The summed E-state index contributed by atoms with van der Waals surface area (Å²) in [5.74, 6) is 0.0542. The fourth-order valence-electron chi connectivity index (χ4n) is 2.14. The molecule has 0 spiro atoms. The molecule has 0 radical (unpaired) electrons. The molecular weight excluding hydrogens is 228 g/mol. The van der Waals surface area contributed by atoms with E-state index in [4.69, 9.17) is 0 Å². The monoisotopic (exact) mass is 246 g/mol. The predicted molar refractivity (Wildman–Crippen MR) is 60.1 cm³/mol. The van der Waals surface area contributed by atoms with Gasteiger partial charge in [0.1, 0.15) is 5.78 Å². The Morgan fingerprint density at radius 2 is 2.06 bits per heavy atom. The van der Waals surface area contributed by atoms with Gasteiger partial charge in [0.2, 0.25) is 0 Å². The van der Waals surface area contributed by atoms with Crippen LogP contribution in [0.4, 0.5) is 0 Å². The molecule has 2 fully saturated rings. The number of nitrogens with one attached hydrogen (secondary N) is 1. The Labute approximate surface area is 96.4 Å². The van der Waals surface area contributed by atoms with E-state index in [1.165, 1.54) is 11.2 Å². The molecule has 1 heterocycles. The maximum Gasteiger partial charge on any atom is 0.279 e. The minimum absolute atomic E-state index is 0.0542. The maximum absolute atomic E-state index is 12.0. The molecule has 16 heavy (non-hydrogen) atoms. The molecule has 1 saturated heterocycles. The lowest BCUT2D eigenvalue weighted by Crippen LogP contribution is -2.44. The number of ketones is 1. The summed E-state index contributed by atoms with van der Waals surface area (Å²) in [5.41, 5.74) is 0. The maximum atomic E-state index is 12.0. The van der Waals surface area contributed by atoms with E-state index >= 15 is 0 Å². The third-order valence-electron chi connectivity index (χ3n) is 3.05. The van der Waals surface area contributed by atoms with E-state index in [1.807, 2.05) is 0 Å². The zero-order chi connectivity index (χ0) is 11.8. The Kier molecular flexibility index (Phi) is 3.32. The Morgan fingerprint density at radius 3 is 2.62 bits per heavy atom. The molecule has 1 unspecified atom stereocenters. The van der Waals surface area contributed by atoms with Crippen LogP contribution in [0.25, 0.3) is 0 Å². The molecule has 1 N–H and O–H groups in total. The van der Waals surface area contributed by atoms with Gasteiger partial charge < -0.3 is 0 Å². The number of carbonyl (C=O) groups excluding carboxylic acids is 1. The zero-order valence-electron chi connectivity index (χ0n) is 9.48. The summed E-state index contributed by atoms with van der Waals surface area (Å²) in [6, 6.07) is -0.00247. The summed E-state index contributed by atoms with van der Waals surface area (Å²) in [6.45, 7) is 2.05. The van der Waals surface area contributed by atoms with Crippen molar-refractivity contribution < 1.29 is 13.2 Å². The fourth-order valence-corrected chi connectivity index (χ4v) is 3.88. The largest absolute Gasteiger partial charge is 0.300 e. The first-order valence-electron chi connectivity index (χ1n) is 5.77. The highest BCUT2D eigenvalue weighted by molar-refractivity contribution is 7.87. The molecule has 5 nitrogen and oxygen atoms in total. The van der Waals surface area contributed by atoms with Crippen molar-refractivity contribution in [3.05, 3.63) is 0 Å². The van der Waals surface area contributed by atoms with Gasteiger partial charge in [-0.1, -0.05) is 0 Å². The van der Waals surface area contributed by atoms with E-state index in [2.05, 4.69) is 4.72 Å². The molecule has 1 saturated carbocycles. The summed E-state index contributed by atoms with van der Waals surface area (Å²) >= 11 is 0. The molecule has 1 aliphatic heterocycles.